The number of nitrogens with zero attached hydrogens (tertiary/aromatic N) is 1. The van der Waals surface area contributed by atoms with Gasteiger partial charge in [0.2, 0.25) is 0 Å². The van der Waals surface area contributed by atoms with E-state index >= 15 is 0 Å². The van der Waals surface area contributed by atoms with Crippen LogP contribution in [0.15, 0.2) is 30.8 Å². The van der Waals surface area contributed by atoms with Gasteiger partial charge in [-0.3, -0.25) is 4.55 Å². The third-order valence-corrected chi connectivity index (χ3v) is 2.71. The minimum atomic E-state index is -4.32. The summed E-state index contributed by atoms with van der Waals surface area (Å²) in [5.74, 6) is 0. The van der Waals surface area contributed by atoms with E-state index in [4.69, 9.17) is 4.55 Å². The first-order valence-electron chi connectivity index (χ1n) is 5.94. The SMILES string of the molecule is C=Cc1ccccc1C.CCN(CC)OS(=O)(=O)O. The average molecular weight is 287 g/mol. The average Bonchev–Trinajstić information content (AvgIpc) is 2.36. The highest BCUT2D eigenvalue weighted by Gasteiger charge is 2.09. The van der Waals surface area contributed by atoms with Crippen molar-refractivity contribution < 1.29 is 17.3 Å². The van der Waals surface area contributed by atoms with Crippen LogP contribution in [0.25, 0.3) is 6.08 Å². The Bertz CT molecular complexity index is 481. The summed E-state index contributed by atoms with van der Waals surface area (Å²) in [6.45, 7) is 10.0. The Hall–Kier alpha value is -1.21. The molecule has 1 aromatic carbocycles. The van der Waals surface area contributed by atoms with Crippen LogP contribution < -0.4 is 0 Å². The fourth-order valence-corrected chi connectivity index (χ4v) is 1.76. The van der Waals surface area contributed by atoms with Crippen LogP contribution in [0.2, 0.25) is 0 Å². The smallest absolute Gasteiger partial charge is 0.262 e. The summed E-state index contributed by atoms with van der Waals surface area (Å²) >= 11 is 0. The van der Waals surface area contributed by atoms with Crippen LogP contribution in [-0.4, -0.2) is 31.1 Å². The van der Waals surface area contributed by atoms with Gasteiger partial charge in [0.25, 0.3) is 0 Å². The minimum absolute atomic E-state index is 0.413. The van der Waals surface area contributed by atoms with Crippen LogP contribution in [0.3, 0.4) is 0 Å². The zero-order valence-corrected chi connectivity index (χ0v) is 12.4. The van der Waals surface area contributed by atoms with E-state index in [0.29, 0.717) is 13.1 Å². The molecular formula is C13H21NO4S. The summed E-state index contributed by atoms with van der Waals surface area (Å²) in [7, 11) is -4.32. The van der Waals surface area contributed by atoms with Gasteiger partial charge in [-0.1, -0.05) is 50.8 Å². The summed E-state index contributed by atoms with van der Waals surface area (Å²) in [5.41, 5.74) is 2.50. The molecule has 0 atom stereocenters. The van der Waals surface area contributed by atoms with E-state index in [2.05, 4.69) is 29.9 Å². The van der Waals surface area contributed by atoms with Crippen LogP contribution in [0.4, 0.5) is 0 Å². The maximum absolute atomic E-state index is 10.1. The molecule has 0 aliphatic carbocycles. The van der Waals surface area contributed by atoms with Crippen LogP contribution >= 0.6 is 0 Å². The monoisotopic (exact) mass is 287 g/mol. The number of rotatable bonds is 5. The third kappa shape index (κ3) is 8.50. The molecule has 0 aliphatic rings. The largest absolute Gasteiger partial charge is 0.413 e. The van der Waals surface area contributed by atoms with Gasteiger partial charge in [0.1, 0.15) is 0 Å². The van der Waals surface area contributed by atoms with Gasteiger partial charge in [-0.15, -0.1) is 0 Å². The highest BCUT2D eigenvalue weighted by molar-refractivity contribution is 7.80. The molecular weight excluding hydrogens is 266 g/mol. The third-order valence-electron chi connectivity index (χ3n) is 2.31. The van der Waals surface area contributed by atoms with Gasteiger partial charge < -0.3 is 0 Å². The number of hydrogen-bond acceptors (Lipinski definition) is 4. The van der Waals surface area contributed by atoms with Gasteiger partial charge in [0.15, 0.2) is 0 Å². The lowest BCUT2D eigenvalue weighted by Gasteiger charge is -2.13. The number of aryl methyl sites for hydroxylation is 1. The summed E-state index contributed by atoms with van der Waals surface area (Å²) in [4.78, 5) is 0. The van der Waals surface area contributed by atoms with Crippen molar-refractivity contribution >= 4 is 16.5 Å². The molecule has 108 valence electrons. The highest BCUT2D eigenvalue weighted by Crippen LogP contribution is 2.06. The first-order valence-corrected chi connectivity index (χ1v) is 7.30. The predicted molar refractivity (Wildman–Crippen MR) is 76.8 cm³/mol. The molecule has 0 bridgehead atoms. The number of hydrogen-bond donors (Lipinski definition) is 1. The first kappa shape index (κ1) is 17.8. The van der Waals surface area contributed by atoms with Crippen molar-refractivity contribution in [1.82, 2.24) is 5.06 Å². The standard InChI is InChI=1S/C9H10.C4H11NO4S/c1-3-9-7-5-4-6-8(9)2;1-3-5(4-2)9-10(6,7)8/h3-7H,1H2,2H3;3-4H2,1-2H3,(H,6,7,8). The maximum Gasteiger partial charge on any atom is 0.413 e. The molecule has 0 fully saturated rings. The van der Waals surface area contributed by atoms with E-state index in [-0.39, 0.29) is 0 Å². The molecule has 5 nitrogen and oxygen atoms in total. The van der Waals surface area contributed by atoms with Crippen molar-refractivity contribution in [2.45, 2.75) is 20.8 Å². The molecule has 19 heavy (non-hydrogen) atoms. The molecule has 6 heteroatoms. The minimum Gasteiger partial charge on any atom is -0.262 e. The molecule has 0 heterocycles. The molecule has 0 amide bonds. The van der Waals surface area contributed by atoms with Crippen molar-refractivity contribution in [1.29, 1.82) is 0 Å². The molecule has 0 saturated carbocycles. The Morgan fingerprint density at radius 1 is 1.32 bits per heavy atom. The van der Waals surface area contributed by atoms with Crippen molar-refractivity contribution in [3.05, 3.63) is 42.0 Å². The van der Waals surface area contributed by atoms with Crippen molar-refractivity contribution in [2.75, 3.05) is 13.1 Å². The Kier molecular flexibility index (Phi) is 8.26. The van der Waals surface area contributed by atoms with Crippen LogP contribution in [0.1, 0.15) is 25.0 Å². The Labute approximate surface area is 115 Å². The molecule has 0 unspecified atom stereocenters. The lowest BCUT2D eigenvalue weighted by molar-refractivity contribution is -0.0516. The maximum atomic E-state index is 10.1. The molecule has 0 aromatic heterocycles. The van der Waals surface area contributed by atoms with Gasteiger partial charge in [0.05, 0.1) is 0 Å². The zero-order chi connectivity index (χ0) is 14.9. The van der Waals surface area contributed by atoms with Gasteiger partial charge >= 0.3 is 10.4 Å². The van der Waals surface area contributed by atoms with E-state index in [1.165, 1.54) is 11.1 Å². The topological polar surface area (TPSA) is 66.8 Å². The molecule has 1 N–H and O–H groups in total. The van der Waals surface area contributed by atoms with Crippen molar-refractivity contribution in [3.8, 4) is 0 Å². The van der Waals surface area contributed by atoms with Gasteiger partial charge in [-0.2, -0.15) is 17.8 Å². The number of benzene rings is 1. The number of hydroxylamine groups is 2. The van der Waals surface area contributed by atoms with E-state index in [1.807, 2.05) is 18.2 Å². The van der Waals surface area contributed by atoms with Crippen molar-refractivity contribution in [2.24, 2.45) is 0 Å². The van der Waals surface area contributed by atoms with Crippen LogP contribution in [-0.2, 0) is 14.7 Å². The van der Waals surface area contributed by atoms with E-state index in [9.17, 15) is 8.42 Å². The summed E-state index contributed by atoms with van der Waals surface area (Å²) in [6, 6.07) is 8.19. The Morgan fingerprint density at radius 2 is 1.84 bits per heavy atom. The van der Waals surface area contributed by atoms with E-state index in [0.717, 1.165) is 5.06 Å². The molecule has 0 saturated heterocycles. The Morgan fingerprint density at radius 3 is 2.11 bits per heavy atom. The fraction of sp³-hybridized carbons (Fsp3) is 0.385. The lowest BCUT2D eigenvalue weighted by atomic mass is 10.1. The van der Waals surface area contributed by atoms with Crippen LogP contribution in [0, 0.1) is 6.92 Å². The second kappa shape index (κ2) is 8.82. The van der Waals surface area contributed by atoms with Gasteiger partial charge in [-0.05, 0) is 18.1 Å². The molecule has 1 rings (SSSR count). The molecule has 0 spiro atoms. The highest BCUT2D eigenvalue weighted by atomic mass is 32.3. The first-order chi connectivity index (χ1) is 8.84. The molecule has 0 radical (unpaired) electrons. The zero-order valence-electron chi connectivity index (χ0n) is 11.5. The summed E-state index contributed by atoms with van der Waals surface area (Å²) in [5, 5.41) is 1.12. The van der Waals surface area contributed by atoms with Gasteiger partial charge in [0, 0.05) is 13.1 Å². The normalized spacial score (nSPS) is 10.8. The van der Waals surface area contributed by atoms with E-state index < -0.39 is 10.4 Å². The summed E-state index contributed by atoms with van der Waals surface area (Å²) < 4.78 is 32.4. The second-order valence-electron chi connectivity index (χ2n) is 3.68. The van der Waals surface area contributed by atoms with Crippen LogP contribution in [0.5, 0.6) is 0 Å². The Balaban J connectivity index is 0.000000342. The predicted octanol–water partition coefficient (Wildman–Crippen LogP) is 2.70. The van der Waals surface area contributed by atoms with Gasteiger partial charge in [-0.25, -0.2) is 0 Å². The lowest BCUT2D eigenvalue weighted by Crippen LogP contribution is -2.26. The molecule has 0 aliphatic heterocycles. The summed E-state index contributed by atoms with van der Waals surface area (Å²) in [6.07, 6.45) is 1.87. The molecule has 1 aromatic rings. The van der Waals surface area contributed by atoms with E-state index in [1.54, 1.807) is 13.8 Å². The fourth-order valence-electron chi connectivity index (χ4n) is 1.28. The second-order valence-corrected chi connectivity index (χ2v) is 4.68. The van der Waals surface area contributed by atoms with Crippen molar-refractivity contribution in [3.63, 3.8) is 0 Å². The quantitative estimate of drug-likeness (QED) is 0.666.